The third kappa shape index (κ3) is 4.18. The van der Waals surface area contributed by atoms with Gasteiger partial charge in [0, 0.05) is 36.3 Å². The molecule has 2 fully saturated rings. The van der Waals surface area contributed by atoms with Crippen LogP contribution in [0, 0.1) is 35.5 Å². The number of hydrogen-bond acceptors (Lipinski definition) is 9. The fourth-order valence-corrected chi connectivity index (χ4v) is 6.43. The highest BCUT2D eigenvalue weighted by Crippen LogP contribution is 2.55. The summed E-state index contributed by atoms with van der Waals surface area (Å²) in [6.07, 6.45) is -0.205. The molecule has 198 valence electrons. The molecular formula is C25H34N2O9. The zero-order valence-corrected chi connectivity index (χ0v) is 20.3. The summed E-state index contributed by atoms with van der Waals surface area (Å²) < 4.78 is 5.15. The maximum atomic E-state index is 13.0. The Hall–Kier alpha value is -2.89. The van der Waals surface area contributed by atoms with Crippen molar-refractivity contribution < 1.29 is 44.7 Å². The first-order chi connectivity index (χ1) is 16.9. The lowest BCUT2D eigenvalue weighted by molar-refractivity contribution is -0.203. The molecule has 0 bridgehead atoms. The molecule has 0 radical (unpaired) electrons. The molecule has 0 spiro atoms. The Kier molecular flexibility index (Phi) is 6.93. The van der Waals surface area contributed by atoms with E-state index in [1.165, 1.54) is 6.08 Å². The molecule has 0 heterocycles. The van der Waals surface area contributed by atoms with E-state index in [-0.39, 0.29) is 61.0 Å². The van der Waals surface area contributed by atoms with Crippen molar-refractivity contribution in [2.45, 2.75) is 50.9 Å². The highest BCUT2D eigenvalue weighted by Gasteiger charge is 2.64. The third-order valence-corrected chi connectivity index (χ3v) is 8.12. The number of carbonyl (C=O) groups is 3. The van der Waals surface area contributed by atoms with Gasteiger partial charge in [0.05, 0.1) is 18.8 Å². The van der Waals surface area contributed by atoms with E-state index in [1.54, 1.807) is 6.08 Å². The van der Waals surface area contributed by atoms with E-state index in [2.05, 4.69) is 5.32 Å². The molecule has 2 saturated carbocycles. The average Bonchev–Trinajstić information content (AvgIpc) is 2.79. The summed E-state index contributed by atoms with van der Waals surface area (Å²) in [7, 11) is 0. The van der Waals surface area contributed by atoms with Gasteiger partial charge in [-0.2, -0.15) is 0 Å². The minimum atomic E-state index is -2.41. The monoisotopic (exact) mass is 506 g/mol. The Morgan fingerprint density at radius 3 is 2.58 bits per heavy atom. The van der Waals surface area contributed by atoms with Gasteiger partial charge in [0.15, 0.2) is 5.60 Å². The molecule has 8 atom stereocenters. The van der Waals surface area contributed by atoms with Crippen molar-refractivity contribution in [1.82, 2.24) is 5.32 Å². The van der Waals surface area contributed by atoms with Gasteiger partial charge in [-0.25, -0.2) is 4.79 Å². The van der Waals surface area contributed by atoms with Gasteiger partial charge in [-0.1, -0.05) is 19.9 Å². The molecule has 4 aliphatic carbocycles. The van der Waals surface area contributed by atoms with E-state index in [9.17, 15) is 39.9 Å². The smallest absolute Gasteiger partial charge is 0.407 e. The summed E-state index contributed by atoms with van der Waals surface area (Å²) in [4.78, 5) is 36.8. The van der Waals surface area contributed by atoms with Crippen molar-refractivity contribution in [2.75, 3.05) is 13.2 Å². The fourth-order valence-electron chi connectivity index (χ4n) is 6.43. The van der Waals surface area contributed by atoms with Gasteiger partial charge in [-0.05, 0) is 36.7 Å². The summed E-state index contributed by atoms with van der Waals surface area (Å²) in [5.41, 5.74) is 2.34. The first kappa shape index (κ1) is 26.2. The van der Waals surface area contributed by atoms with Gasteiger partial charge < -0.3 is 41.3 Å². The van der Waals surface area contributed by atoms with E-state index in [0.29, 0.717) is 6.42 Å². The number of aliphatic hydroxyl groups is 5. The molecule has 2 amide bonds. The number of carbonyl (C=O) groups excluding carboxylic acids is 3. The highest BCUT2D eigenvalue weighted by atomic mass is 16.5. The number of nitrogens with one attached hydrogen (secondary N) is 1. The number of ether oxygens (including phenoxy) is 1. The maximum Gasteiger partial charge on any atom is 0.407 e. The molecule has 4 rings (SSSR count). The third-order valence-electron chi connectivity index (χ3n) is 8.12. The number of aliphatic hydroxyl groups excluding tert-OH is 4. The Bertz CT molecular complexity index is 1050. The van der Waals surface area contributed by atoms with Crippen LogP contribution in [0.2, 0.25) is 0 Å². The summed E-state index contributed by atoms with van der Waals surface area (Å²) in [5.74, 6) is -5.81. The largest absolute Gasteiger partial charge is 0.511 e. The second-order valence-electron chi connectivity index (χ2n) is 10.8. The molecule has 0 aromatic heterocycles. The Labute approximate surface area is 208 Å². The van der Waals surface area contributed by atoms with Crippen molar-refractivity contribution >= 4 is 17.8 Å². The number of rotatable bonds is 5. The number of allylic oxidation sites excluding steroid dienone is 2. The zero-order valence-electron chi connectivity index (χ0n) is 20.3. The van der Waals surface area contributed by atoms with Gasteiger partial charge in [-0.3, -0.25) is 9.59 Å². The second-order valence-corrected chi connectivity index (χ2v) is 10.8. The quantitative estimate of drug-likeness (QED) is 0.257. The van der Waals surface area contributed by atoms with Crippen LogP contribution in [0.25, 0.3) is 0 Å². The molecule has 0 saturated heterocycles. The normalized spacial score (nSPS) is 37.8. The van der Waals surface area contributed by atoms with Gasteiger partial charge in [0.1, 0.15) is 17.1 Å². The summed E-state index contributed by atoms with van der Waals surface area (Å²) in [5, 5.41) is 57.5. The van der Waals surface area contributed by atoms with Crippen molar-refractivity contribution in [3.63, 3.8) is 0 Å². The minimum absolute atomic E-state index is 0.170. The van der Waals surface area contributed by atoms with Crippen LogP contribution in [0.1, 0.15) is 33.1 Å². The molecular weight excluding hydrogens is 472 g/mol. The fraction of sp³-hybridized carbons (Fsp3) is 0.640. The Morgan fingerprint density at radius 1 is 1.25 bits per heavy atom. The number of ketones is 1. The first-order valence-corrected chi connectivity index (χ1v) is 12.2. The highest BCUT2D eigenvalue weighted by molar-refractivity contribution is 6.23. The number of Topliss-reactive ketones (excluding diaryl/α,β-unsaturated/α-hetero) is 1. The van der Waals surface area contributed by atoms with Crippen LogP contribution in [-0.2, 0) is 14.3 Å². The van der Waals surface area contributed by atoms with E-state index in [0.717, 1.165) is 0 Å². The van der Waals surface area contributed by atoms with E-state index >= 15 is 0 Å². The Balaban J connectivity index is 1.58. The number of primary amides is 1. The van der Waals surface area contributed by atoms with Crippen LogP contribution in [0.5, 0.6) is 0 Å². The van der Waals surface area contributed by atoms with Crippen molar-refractivity contribution in [3.8, 4) is 0 Å². The number of nitrogens with two attached hydrogens (primary N) is 1. The second kappa shape index (κ2) is 9.53. The molecule has 0 aliphatic heterocycles. The van der Waals surface area contributed by atoms with Gasteiger partial charge in [0.2, 0.25) is 5.78 Å². The number of alkyl carbamates (subject to hydrolysis) is 1. The van der Waals surface area contributed by atoms with Gasteiger partial charge in [0.25, 0.3) is 5.91 Å². The van der Waals surface area contributed by atoms with Gasteiger partial charge in [-0.15, -0.1) is 0 Å². The van der Waals surface area contributed by atoms with Gasteiger partial charge >= 0.3 is 6.09 Å². The summed E-state index contributed by atoms with van der Waals surface area (Å²) in [6.45, 7) is 4.30. The van der Waals surface area contributed by atoms with Crippen molar-refractivity contribution in [1.29, 1.82) is 0 Å². The number of fused-ring (bicyclic) bond motifs is 3. The lowest BCUT2D eigenvalue weighted by atomic mass is 9.51. The standard InChI is InChI=1S/C25H34N2O9/c1-10(2)9-36-24(34)27-8-11-3-4-15(28)18-14(11)6-12-5-13-7-16(29)19(23(26)33)22(32)25(13,35)21(31)17(12)20(18)30/h3-4,10-14,17,20-21,28-31,35H,5-9H2,1-2H3,(H2,26,33)(H,27,34)/t11?,12-,13+,14?,17?,20?,21?,25+/m1/s1. The van der Waals surface area contributed by atoms with Crippen LogP contribution in [0.15, 0.2) is 34.8 Å². The first-order valence-electron chi connectivity index (χ1n) is 12.2. The molecule has 36 heavy (non-hydrogen) atoms. The molecule has 0 aromatic carbocycles. The van der Waals surface area contributed by atoms with Crippen molar-refractivity contribution in [2.24, 2.45) is 41.2 Å². The van der Waals surface area contributed by atoms with E-state index < -0.39 is 58.8 Å². The van der Waals surface area contributed by atoms with E-state index in [4.69, 9.17) is 10.5 Å². The lowest BCUT2D eigenvalue weighted by Gasteiger charge is -2.56. The zero-order chi connectivity index (χ0) is 26.5. The molecule has 11 heteroatoms. The Morgan fingerprint density at radius 2 is 1.94 bits per heavy atom. The number of hydrogen-bond donors (Lipinski definition) is 7. The maximum absolute atomic E-state index is 13.0. The lowest BCUT2D eigenvalue weighted by Crippen LogP contribution is -2.68. The van der Waals surface area contributed by atoms with Crippen LogP contribution in [0.3, 0.4) is 0 Å². The SMILES string of the molecule is CC(C)COC(=O)NCC1C=CC(O)=C2C(O)C3C(O)[C@]4(O)C(=O)C(C(N)=O)=C(O)C[C@@H]4C[C@@H]3CC21. The topological polar surface area (TPSA) is 200 Å². The van der Waals surface area contributed by atoms with Crippen LogP contribution in [0.4, 0.5) is 4.79 Å². The predicted molar refractivity (Wildman–Crippen MR) is 125 cm³/mol. The van der Waals surface area contributed by atoms with E-state index in [1.807, 2.05) is 13.8 Å². The molecule has 11 nitrogen and oxygen atoms in total. The van der Waals surface area contributed by atoms with Crippen LogP contribution < -0.4 is 11.1 Å². The number of amides is 2. The summed E-state index contributed by atoms with van der Waals surface area (Å²) in [6, 6.07) is 0. The molecule has 0 aromatic rings. The molecule has 8 N–H and O–H groups in total. The molecule has 4 aliphatic rings. The van der Waals surface area contributed by atoms with Crippen LogP contribution >= 0.6 is 0 Å². The molecule has 5 unspecified atom stereocenters. The predicted octanol–water partition coefficient (Wildman–Crippen LogP) is 0.362. The average molecular weight is 507 g/mol. The van der Waals surface area contributed by atoms with Crippen molar-refractivity contribution in [3.05, 3.63) is 34.8 Å². The summed E-state index contributed by atoms with van der Waals surface area (Å²) >= 11 is 0. The van der Waals surface area contributed by atoms with Crippen LogP contribution in [-0.4, -0.2) is 74.3 Å². The minimum Gasteiger partial charge on any atom is -0.511 e.